The van der Waals surface area contributed by atoms with Crippen LogP contribution in [0.25, 0.3) is 0 Å². The highest BCUT2D eigenvalue weighted by molar-refractivity contribution is 5.88. The summed E-state index contributed by atoms with van der Waals surface area (Å²) in [5.74, 6) is -0.515. The molecule has 0 aromatic carbocycles. The van der Waals surface area contributed by atoms with Gasteiger partial charge in [0.1, 0.15) is 6.10 Å². The number of alkyl halides is 3. The average molecular weight is 347 g/mol. The van der Waals surface area contributed by atoms with Crippen LogP contribution in [0.3, 0.4) is 0 Å². The van der Waals surface area contributed by atoms with Gasteiger partial charge < -0.3 is 14.9 Å². The number of aliphatic hydroxyl groups is 1. The number of piperazine rings is 1. The fourth-order valence-electron chi connectivity index (χ4n) is 2.13. The maximum Gasteiger partial charge on any atom is 0.435 e. The van der Waals surface area contributed by atoms with Crippen molar-refractivity contribution in [2.24, 2.45) is 0 Å². The number of anilines is 1. The van der Waals surface area contributed by atoms with Crippen LogP contribution < -0.4 is 5.32 Å². The van der Waals surface area contributed by atoms with Gasteiger partial charge in [-0.2, -0.15) is 13.2 Å². The lowest BCUT2D eigenvalue weighted by Gasteiger charge is -2.35. The van der Waals surface area contributed by atoms with Gasteiger partial charge in [0.15, 0.2) is 11.5 Å². The number of hydrogen-bond donors (Lipinski definition) is 2. The molecule has 1 fully saturated rings. The lowest BCUT2D eigenvalue weighted by molar-refractivity contribution is -0.142. The Morgan fingerprint density at radius 1 is 1.17 bits per heavy atom. The van der Waals surface area contributed by atoms with Gasteiger partial charge in [0.2, 0.25) is 0 Å². The van der Waals surface area contributed by atoms with E-state index in [1.165, 1.54) is 16.7 Å². The minimum Gasteiger partial charge on any atom is -0.384 e. The van der Waals surface area contributed by atoms with Crippen molar-refractivity contribution in [1.29, 1.82) is 0 Å². The molecular weight excluding hydrogens is 331 g/mol. The van der Waals surface area contributed by atoms with Gasteiger partial charge in [-0.25, -0.2) is 4.79 Å². The van der Waals surface area contributed by atoms with Gasteiger partial charge in [-0.05, 0) is 19.1 Å². The summed E-state index contributed by atoms with van der Waals surface area (Å²) in [5, 5.41) is 17.9. The number of rotatable bonds is 2. The van der Waals surface area contributed by atoms with E-state index in [1.54, 1.807) is 0 Å². The van der Waals surface area contributed by atoms with Crippen molar-refractivity contribution < 1.29 is 27.9 Å². The van der Waals surface area contributed by atoms with E-state index < -0.39 is 29.9 Å². The first-order valence-electron chi connectivity index (χ1n) is 7.12. The molecule has 2 rings (SSSR count). The van der Waals surface area contributed by atoms with Gasteiger partial charge in [0.25, 0.3) is 5.91 Å². The molecule has 8 nitrogen and oxygen atoms in total. The molecule has 1 saturated heterocycles. The Labute approximate surface area is 135 Å². The molecule has 11 heteroatoms. The van der Waals surface area contributed by atoms with Crippen LogP contribution in [0.2, 0.25) is 0 Å². The number of aliphatic hydroxyl groups excluding tert-OH is 1. The SMILES string of the molecule is CC(O)C(=O)N1CCN(C(=O)Nc2ccc(C(F)(F)F)nn2)CC1. The zero-order valence-corrected chi connectivity index (χ0v) is 12.7. The molecular formula is C13H16F3N5O3. The number of nitrogens with one attached hydrogen (secondary N) is 1. The summed E-state index contributed by atoms with van der Waals surface area (Å²) in [7, 11) is 0. The zero-order valence-electron chi connectivity index (χ0n) is 12.7. The second kappa shape index (κ2) is 6.99. The van der Waals surface area contributed by atoms with Crippen LogP contribution in [0.4, 0.5) is 23.8 Å². The number of halogens is 3. The minimum absolute atomic E-state index is 0.101. The number of carbonyl (C=O) groups excluding carboxylic acids is 2. The smallest absolute Gasteiger partial charge is 0.384 e. The molecule has 24 heavy (non-hydrogen) atoms. The van der Waals surface area contributed by atoms with E-state index >= 15 is 0 Å². The number of urea groups is 1. The van der Waals surface area contributed by atoms with Crippen LogP contribution in [-0.4, -0.2) is 69.3 Å². The summed E-state index contributed by atoms with van der Waals surface area (Å²) >= 11 is 0. The predicted molar refractivity (Wildman–Crippen MR) is 75.9 cm³/mol. The molecule has 1 atom stereocenters. The van der Waals surface area contributed by atoms with Gasteiger partial charge >= 0.3 is 12.2 Å². The lowest BCUT2D eigenvalue weighted by atomic mass is 10.2. The topological polar surface area (TPSA) is 98.7 Å². The Hall–Kier alpha value is -2.43. The second-order valence-corrected chi connectivity index (χ2v) is 5.22. The molecule has 0 radical (unpaired) electrons. The third kappa shape index (κ3) is 4.31. The summed E-state index contributed by atoms with van der Waals surface area (Å²) in [6.07, 6.45) is -5.70. The van der Waals surface area contributed by atoms with Gasteiger partial charge in [-0.1, -0.05) is 0 Å². The van der Waals surface area contributed by atoms with Crippen molar-refractivity contribution in [3.05, 3.63) is 17.8 Å². The Balaban J connectivity index is 1.89. The Morgan fingerprint density at radius 3 is 2.21 bits per heavy atom. The molecule has 2 N–H and O–H groups in total. The second-order valence-electron chi connectivity index (χ2n) is 5.22. The van der Waals surface area contributed by atoms with Crippen LogP contribution in [0, 0.1) is 0 Å². The molecule has 0 saturated carbocycles. The summed E-state index contributed by atoms with van der Waals surface area (Å²) in [4.78, 5) is 26.5. The van der Waals surface area contributed by atoms with E-state index in [-0.39, 0.29) is 32.0 Å². The van der Waals surface area contributed by atoms with E-state index in [4.69, 9.17) is 0 Å². The van der Waals surface area contributed by atoms with Crippen LogP contribution >= 0.6 is 0 Å². The van der Waals surface area contributed by atoms with E-state index in [1.807, 2.05) is 0 Å². The highest BCUT2D eigenvalue weighted by Gasteiger charge is 2.33. The number of hydrogen-bond acceptors (Lipinski definition) is 5. The first-order valence-corrected chi connectivity index (χ1v) is 7.12. The van der Waals surface area contributed by atoms with Gasteiger partial charge in [-0.15, -0.1) is 10.2 Å². The van der Waals surface area contributed by atoms with Crippen molar-refractivity contribution in [2.75, 3.05) is 31.5 Å². The lowest BCUT2D eigenvalue weighted by Crippen LogP contribution is -2.53. The molecule has 0 bridgehead atoms. The third-order valence-corrected chi connectivity index (χ3v) is 3.43. The quantitative estimate of drug-likeness (QED) is 0.814. The van der Waals surface area contributed by atoms with Crippen LogP contribution in [0.15, 0.2) is 12.1 Å². The third-order valence-electron chi connectivity index (χ3n) is 3.43. The molecule has 3 amide bonds. The maximum atomic E-state index is 12.4. The van der Waals surface area contributed by atoms with E-state index in [0.717, 1.165) is 12.1 Å². The molecule has 1 aliphatic heterocycles. The monoisotopic (exact) mass is 347 g/mol. The van der Waals surface area contributed by atoms with Crippen molar-refractivity contribution in [3.63, 3.8) is 0 Å². The molecule has 0 aliphatic carbocycles. The zero-order chi connectivity index (χ0) is 17.9. The minimum atomic E-state index is -4.59. The summed E-state index contributed by atoms with van der Waals surface area (Å²) in [6.45, 7) is 2.35. The molecule has 0 spiro atoms. The fraction of sp³-hybridized carbons (Fsp3) is 0.538. The fourth-order valence-corrected chi connectivity index (χ4v) is 2.13. The highest BCUT2D eigenvalue weighted by Crippen LogP contribution is 2.27. The normalized spacial score (nSPS) is 16.7. The van der Waals surface area contributed by atoms with Gasteiger partial charge in [0.05, 0.1) is 0 Å². The summed E-state index contributed by atoms with van der Waals surface area (Å²) in [6, 6.07) is 1.19. The Bertz CT molecular complexity index is 598. The van der Waals surface area contributed by atoms with Crippen molar-refractivity contribution in [3.8, 4) is 0 Å². The van der Waals surface area contributed by atoms with Gasteiger partial charge in [0, 0.05) is 26.2 Å². The van der Waals surface area contributed by atoms with Crippen molar-refractivity contribution >= 4 is 17.8 Å². The van der Waals surface area contributed by atoms with Gasteiger partial charge in [-0.3, -0.25) is 10.1 Å². The molecule has 1 unspecified atom stereocenters. The Kier molecular flexibility index (Phi) is 5.22. The number of aromatic nitrogens is 2. The summed E-state index contributed by atoms with van der Waals surface area (Å²) < 4.78 is 37.2. The first kappa shape index (κ1) is 17.9. The van der Waals surface area contributed by atoms with E-state index in [0.29, 0.717) is 0 Å². The number of nitrogens with zero attached hydrogens (tertiary/aromatic N) is 4. The Morgan fingerprint density at radius 2 is 1.75 bits per heavy atom. The van der Waals surface area contributed by atoms with Crippen molar-refractivity contribution in [2.45, 2.75) is 19.2 Å². The van der Waals surface area contributed by atoms with E-state index in [9.17, 15) is 27.9 Å². The predicted octanol–water partition coefficient (Wildman–Crippen LogP) is 0.552. The number of amides is 3. The van der Waals surface area contributed by atoms with E-state index in [2.05, 4.69) is 15.5 Å². The molecule has 1 aromatic heterocycles. The summed E-state index contributed by atoms with van der Waals surface area (Å²) in [5.41, 5.74) is -1.15. The van der Waals surface area contributed by atoms with Crippen LogP contribution in [0.1, 0.15) is 12.6 Å². The molecule has 1 aliphatic rings. The standard InChI is InChI=1S/C13H16F3N5O3/c1-8(22)11(23)20-4-6-21(7-5-20)12(24)17-10-3-2-9(18-19-10)13(14,15)16/h2-3,8,22H,4-7H2,1H3,(H,17,19,24). The molecule has 1 aromatic rings. The molecule has 2 heterocycles. The van der Waals surface area contributed by atoms with Crippen molar-refractivity contribution in [1.82, 2.24) is 20.0 Å². The number of carbonyl (C=O) groups is 2. The molecule has 132 valence electrons. The van der Waals surface area contributed by atoms with Crippen LogP contribution in [-0.2, 0) is 11.0 Å². The first-order chi connectivity index (χ1) is 11.2. The highest BCUT2D eigenvalue weighted by atomic mass is 19.4. The average Bonchev–Trinajstić information content (AvgIpc) is 2.54. The maximum absolute atomic E-state index is 12.4. The largest absolute Gasteiger partial charge is 0.435 e. The van der Waals surface area contributed by atoms with Crippen LogP contribution in [0.5, 0.6) is 0 Å².